The lowest BCUT2D eigenvalue weighted by Gasteiger charge is -2.36. The Morgan fingerprint density at radius 2 is 2.00 bits per heavy atom. The van der Waals surface area contributed by atoms with Crippen LogP contribution < -0.4 is 10.6 Å². The number of fused-ring (bicyclic) bond motifs is 1. The lowest BCUT2D eigenvalue weighted by Crippen LogP contribution is -2.52. The van der Waals surface area contributed by atoms with Crippen LogP contribution in [0.5, 0.6) is 0 Å². The van der Waals surface area contributed by atoms with Crippen molar-refractivity contribution in [2.75, 3.05) is 0 Å². The van der Waals surface area contributed by atoms with E-state index in [1.165, 1.54) is 16.5 Å². The first-order valence-corrected chi connectivity index (χ1v) is 8.18. The number of ether oxygens (including phenoxy) is 1. The first-order valence-electron chi connectivity index (χ1n) is 8.18. The van der Waals surface area contributed by atoms with Gasteiger partial charge >= 0.3 is 6.09 Å². The van der Waals surface area contributed by atoms with Crippen LogP contribution in [0.1, 0.15) is 39.2 Å². The molecule has 124 valence electrons. The van der Waals surface area contributed by atoms with E-state index in [1.54, 1.807) is 0 Å². The molecule has 1 aromatic heterocycles. The zero-order valence-corrected chi connectivity index (χ0v) is 14.0. The van der Waals surface area contributed by atoms with Crippen LogP contribution in [0.3, 0.4) is 0 Å². The summed E-state index contributed by atoms with van der Waals surface area (Å²) in [6.45, 7) is 6.46. The summed E-state index contributed by atoms with van der Waals surface area (Å²) < 4.78 is 5.27. The van der Waals surface area contributed by atoms with Crippen molar-refractivity contribution in [3.05, 3.63) is 36.0 Å². The number of hydrogen-bond acceptors (Lipinski definition) is 3. The zero-order valence-electron chi connectivity index (χ0n) is 14.0. The summed E-state index contributed by atoms with van der Waals surface area (Å²) in [5.74, 6) is 0. The number of alkyl carbamates (subject to hydrolysis) is 1. The Labute approximate surface area is 136 Å². The highest BCUT2D eigenvalue weighted by Crippen LogP contribution is 2.23. The van der Waals surface area contributed by atoms with Crippen molar-refractivity contribution in [1.29, 1.82) is 0 Å². The van der Waals surface area contributed by atoms with E-state index in [0.29, 0.717) is 6.04 Å². The summed E-state index contributed by atoms with van der Waals surface area (Å²) in [6, 6.07) is 8.98. The molecular weight excluding hydrogens is 290 g/mol. The molecule has 0 bridgehead atoms. The minimum absolute atomic E-state index is 0.213. The number of aromatic nitrogens is 1. The molecule has 1 aliphatic rings. The number of rotatable bonds is 4. The maximum atomic E-state index is 11.7. The summed E-state index contributed by atoms with van der Waals surface area (Å²) in [6.07, 6.45) is 3.63. The van der Waals surface area contributed by atoms with Crippen molar-refractivity contribution in [1.82, 2.24) is 15.6 Å². The van der Waals surface area contributed by atoms with Gasteiger partial charge in [0.25, 0.3) is 0 Å². The molecule has 1 amide bonds. The van der Waals surface area contributed by atoms with E-state index < -0.39 is 5.60 Å². The van der Waals surface area contributed by atoms with E-state index in [1.807, 2.05) is 26.8 Å². The molecular formula is C18H25N3O2. The molecule has 5 heteroatoms. The van der Waals surface area contributed by atoms with Gasteiger partial charge in [-0.25, -0.2) is 4.79 Å². The van der Waals surface area contributed by atoms with E-state index in [9.17, 15) is 4.79 Å². The Bertz CT molecular complexity index is 681. The standard InChI is InChI=1S/C18H25N3O2/c1-18(2,3)23-17(22)21-14-8-13(9-14)19-10-12-11-20-16-7-5-4-6-15(12)16/h4-7,11,13-14,19-20H,8-10H2,1-3H3,(H,21,22). The maximum Gasteiger partial charge on any atom is 0.407 e. The Hall–Kier alpha value is -2.01. The average molecular weight is 315 g/mol. The smallest absolute Gasteiger partial charge is 0.407 e. The number of benzene rings is 1. The summed E-state index contributed by atoms with van der Waals surface area (Å²) >= 11 is 0. The number of carbonyl (C=O) groups is 1. The van der Waals surface area contributed by atoms with Gasteiger partial charge in [-0.2, -0.15) is 0 Å². The molecule has 3 rings (SSSR count). The van der Waals surface area contributed by atoms with Crippen molar-refractivity contribution in [2.24, 2.45) is 0 Å². The summed E-state index contributed by atoms with van der Waals surface area (Å²) in [7, 11) is 0. The first-order chi connectivity index (χ1) is 10.9. The largest absolute Gasteiger partial charge is 0.444 e. The Balaban J connectivity index is 1.42. The molecule has 0 radical (unpaired) electrons. The molecule has 0 unspecified atom stereocenters. The zero-order chi connectivity index (χ0) is 16.4. The quantitative estimate of drug-likeness (QED) is 0.811. The highest BCUT2D eigenvalue weighted by Gasteiger charge is 2.31. The number of amides is 1. The normalized spacial score (nSPS) is 21.0. The Morgan fingerprint density at radius 1 is 1.26 bits per heavy atom. The second-order valence-electron chi connectivity index (χ2n) is 7.25. The van der Waals surface area contributed by atoms with Crippen LogP contribution in [0.4, 0.5) is 4.79 Å². The third-order valence-corrected chi connectivity index (χ3v) is 4.12. The van der Waals surface area contributed by atoms with Gasteiger partial charge in [0.2, 0.25) is 0 Å². The van der Waals surface area contributed by atoms with Gasteiger partial charge in [0.1, 0.15) is 5.60 Å². The topological polar surface area (TPSA) is 66.2 Å². The molecule has 1 heterocycles. The van der Waals surface area contributed by atoms with E-state index in [2.05, 4.69) is 40.0 Å². The number of aromatic amines is 1. The summed E-state index contributed by atoms with van der Waals surface area (Å²) in [5, 5.41) is 7.74. The monoisotopic (exact) mass is 315 g/mol. The van der Waals surface area contributed by atoms with Crippen molar-refractivity contribution in [3.8, 4) is 0 Å². The molecule has 0 spiro atoms. The van der Waals surface area contributed by atoms with Crippen LogP contribution in [-0.4, -0.2) is 28.8 Å². The van der Waals surface area contributed by atoms with Crippen molar-refractivity contribution < 1.29 is 9.53 Å². The van der Waals surface area contributed by atoms with Gasteiger partial charge in [0.15, 0.2) is 0 Å². The third kappa shape index (κ3) is 4.05. The van der Waals surface area contributed by atoms with Crippen LogP contribution in [0.2, 0.25) is 0 Å². The highest BCUT2D eigenvalue weighted by molar-refractivity contribution is 5.82. The van der Waals surface area contributed by atoms with Crippen LogP contribution in [-0.2, 0) is 11.3 Å². The van der Waals surface area contributed by atoms with Crippen molar-refractivity contribution in [3.63, 3.8) is 0 Å². The summed E-state index contributed by atoms with van der Waals surface area (Å²) in [5.41, 5.74) is 2.01. The van der Waals surface area contributed by atoms with Crippen LogP contribution in [0.25, 0.3) is 10.9 Å². The van der Waals surface area contributed by atoms with Gasteiger partial charge in [0, 0.05) is 35.7 Å². The van der Waals surface area contributed by atoms with Crippen LogP contribution in [0, 0.1) is 0 Å². The van der Waals surface area contributed by atoms with Gasteiger partial charge in [-0.1, -0.05) is 18.2 Å². The molecule has 0 saturated heterocycles. The number of carbonyl (C=O) groups excluding carboxylic acids is 1. The second-order valence-corrected chi connectivity index (χ2v) is 7.25. The fourth-order valence-corrected chi connectivity index (χ4v) is 2.91. The predicted molar refractivity (Wildman–Crippen MR) is 91.3 cm³/mol. The molecule has 1 saturated carbocycles. The van der Waals surface area contributed by atoms with Crippen LogP contribution in [0.15, 0.2) is 30.5 Å². The van der Waals surface area contributed by atoms with Gasteiger partial charge < -0.3 is 20.4 Å². The lowest BCUT2D eigenvalue weighted by molar-refractivity contribution is 0.0465. The molecule has 23 heavy (non-hydrogen) atoms. The van der Waals surface area contributed by atoms with Gasteiger partial charge in [0.05, 0.1) is 0 Å². The Kier molecular flexibility index (Phi) is 4.31. The number of nitrogens with one attached hydrogen (secondary N) is 3. The van der Waals surface area contributed by atoms with E-state index in [-0.39, 0.29) is 12.1 Å². The van der Waals surface area contributed by atoms with Crippen molar-refractivity contribution >= 4 is 17.0 Å². The van der Waals surface area contributed by atoms with E-state index in [0.717, 1.165) is 19.4 Å². The first kappa shape index (κ1) is 15.9. The minimum atomic E-state index is -0.444. The van der Waals surface area contributed by atoms with Crippen molar-refractivity contribution in [2.45, 2.75) is 57.8 Å². The average Bonchev–Trinajstić information content (AvgIpc) is 2.82. The molecule has 1 fully saturated rings. The fourth-order valence-electron chi connectivity index (χ4n) is 2.91. The Morgan fingerprint density at radius 3 is 2.74 bits per heavy atom. The van der Waals surface area contributed by atoms with Gasteiger partial charge in [-0.15, -0.1) is 0 Å². The number of H-pyrrole nitrogens is 1. The highest BCUT2D eigenvalue weighted by atomic mass is 16.6. The third-order valence-electron chi connectivity index (χ3n) is 4.12. The number of hydrogen-bond donors (Lipinski definition) is 3. The van der Waals surface area contributed by atoms with Gasteiger partial charge in [-0.3, -0.25) is 0 Å². The lowest BCUT2D eigenvalue weighted by atomic mass is 9.86. The maximum absolute atomic E-state index is 11.7. The van der Waals surface area contributed by atoms with Gasteiger partial charge in [-0.05, 0) is 45.2 Å². The molecule has 0 atom stereocenters. The summed E-state index contributed by atoms with van der Waals surface area (Å²) in [4.78, 5) is 15.0. The number of para-hydroxylation sites is 1. The predicted octanol–water partition coefficient (Wildman–Crippen LogP) is 3.31. The molecule has 5 nitrogen and oxygen atoms in total. The molecule has 3 N–H and O–H groups in total. The van der Waals surface area contributed by atoms with E-state index >= 15 is 0 Å². The molecule has 0 aliphatic heterocycles. The SMILES string of the molecule is CC(C)(C)OC(=O)NC1CC(NCc2c[nH]c3ccccc23)C1. The minimum Gasteiger partial charge on any atom is -0.444 e. The van der Waals surface area contributed by atoms with E-state index in [4.69, 9.17) is 4.74 Å². The molecule has 1 aliphatic carbocycles. The fraction of sp³-hybridized carbons (Fsp3) is 0.500. The van der Waals surface area contributed by atoms with Crippen LogP contribution >= 0.6 is 0 Å². The molecule has 2 aromatic rings. The molecule has 1 aromatic carbocycles. The second kappa shape index (κ2) is 6.24.